The third-order valence-corrected chi connectivity index (χ3v) is 11.1. The zero-order valence-electron chi connectivity index (χ0n) is 30.0. The minimum Gasteiger partial charge on any atom is -0.486 e. The van der Waals surface area contributed by atoms with E-state index in [-0.39, 0.29) is 20.1 Å². The molecule has 0 aliphatic heterocycles. The fourth-order valence-electron chi connectivity index (χ4n) is 6.66. The van der Waals surface area contributed by atoms with Gasteiger partial charge in [-0.1, -0.05) is 105 Å². The number of furan rings is 1. The molecular weight excluding hydrogens is 821 g/mol. The van der Waals surface area contributed by atoms with Gasteiger partial charge in [0.15, 0.2) is 0 Å². The first-order chi connectivity index (χ1) is 24.2. The van der Waals surface area contributed by atoms with Crippen molar-refractivity contribution in [3.05, 3.63) is 144 Å². The van der Waals surface area contributed by atoms with Crippen molar-refractivity contribution in [2.24, 2.45) is 5.92 Å². The molecule has 0 unspecified atom stereocenters. The van der Waals surface area contributed by atoms with Crippen molar-refractivity contribution in [1.82, 2.24) is 19.5 Å². The Morgan fingerprint density at radius 1 is 0.863 bits per heavy atom. The van der Waals surface area contributed by atoms with E-state index in [1.54, 1.807) is 6.20 Å². The molecule has 4 heterocycles. The number of benzene rings is 4. The number of fused-ring (bicyclic) bond motifs is 4. The number of imidazole rings is 1. The topological polar surface area (TPSA) is 56.7 Å². The second kappa shape index (κ2) is 15.3. The molecule has 0 aliphatic rings. The zero-order valence-corrected chi connectivity index (χ0v) is 33.4. The second-order valence-corrected chi connectivity index (χ2v) is 19.4. The smallest absolute Gasteiger partial charge is 0.216 e. The van der Waals surface area contributed by atoms with E-state index in [0.29, 0.717) is 11.6 Å². The molecule has 0 N–H and O–H groups in total. The van der Waals surface area contributed by atoms with Crippen LogP contribution < -0.4 is 5.19 Å². The van der Waals surface area contributed by atoms with Crippen LogP contribution in [-0.2, 0) is 33.1 Å². The third-order valence-electron chi connectivity index (χ3n) is 8.99. The van der Waals surface area contributed by atoms with E-state index in [1.165, 1.54) is 16.3 Å². The molecule has 1 radical (unpaired) electrons. The Morgan fingerprint density at radius 3 is 2.37 bits per heavy atom. The molecule has 7 heteroatoms. The van der Waals surface area contributed by atoms with Gasteiger partial charge in [-0.05, 0) is 53.0 Å². The van der Waals surface area contributed by atoms with Crippen molar-refractivity contribution in [2.75, 3.05) is 0 Å². The summed E-state index contributed by atoms with van der Waals surface area (Å²) in [4.78, 5) is 14.1. The normalized spacial score (nSPS) is 11.5. The summed E-state index contributed by atoms with van der Waals surface area (Å²) in [6.45, 7) is 14.5. The van der Waals surface area contributed by atoms with E-state index in [9.17, 15) is 0 Å². The van der Waals surface area contributed by atoms with E-state index in [1.807, 2.05) is 48.5 Å². The van der Waals surface area contributed by atoms with Crippen LogP contribution in [0.25, 0.3) is 55.7 Å². The molecule has 0 spiro atoms. The number of hydrogen-bond donors (Lipinski definition) is 0. The Bertz CT molecular complexity index is 2410. The van der Waals surface area contributed by atoms with Gasteiger partial charge in [0.1, 0.15) is 0 Å². The number of pyridine rings is 2. The van der Waals surface area contributed by atoms with Crippen LogP contribution in [0.4, 0.5) is 0 Å². The molecule has 0 saturated carbocycles. The maximum absolute atomic E-state index is 6.22. The molecule has 51 heavy (non-hydrogen) atoms. The largest absolute Gasteiger partial charge is 0.486 e. The molecule has 8 rings (SSSR count). The monoisotopic (exact) mass is 863 g/mol. The molecule has 4 aromatic heterocycles. The maximum atomic E-state index is 6.22. The van der Waals surface area contributed by atoms with E-state index in [2.05, 4.69) is 128 Å². The average Bonchev–Trinajstić information content (AvgIpc) is 3.68. The summed E-state index contributed by atoms with van der Waals surface area (Å²) in [7, 11) is -1.34. The molecule has 0 saturated heterocycles. The van der Waals surface area contributed by atoms with Crippen molar-refractivity contribution >= 4 is 46.4 Å². The summed E-state index contributed by atoms with van der Waals surface area (Å²) in [5.41, 5.74) is 10.3. The van der Waals surface area contributed by atoms with Crippen LogP contribution in [0, 0.1) is 25.0 Å². The molecule has 5 nitrogen and oxygen atoms in total. The summed E-state index contributed by atoms with van der Waals surface area (Å²) >= 11 is 0. The van der Waals surface area contributed by atoms with Crippen LogP contribution in [0.1, 0.15) is 30.5 Å². The van der Waals surface area contributed by atoms with Crippen molar-refractivity contribution in [3.63, 3.8) is 0 Å². The zero-order chi connectivity index (χ0) is 34.8. The molecule has 8 aromatic rings. The molecule has 4 aromatic carbocycles. The first-order valence-corrected chi connectivity index (χ1v) is 20.8. The second-order valence-electron chi connectivity index (χ2n) is 14.4. The third kappa shape index (κ3) is 7.67. The van der Waals surface area contributed by atoms with Crippen molar-refractivity contribution in [1.29, 1.82) is 0 Å². The van der Waals surface area contributed by atoms with Gasteiger partial charge >= 0.3 is 0 Å². The van der Waals surface area contributed by atoms with Crippen molar-refractivity contribution in [2.45, 2.75) is 53.4 Å². The van der Waals surface area contributed by atoms with Gasteiger partial charge in [-0.15, -0.1) is 53.6 Å². The molecule has 0 atom stereocenters. The molecule has 0 bridgehead atoms. The maximum Gasteiger partial charge on any atom is 0.216 e. The SMILES string of the molecule is CC(C)Cc1cc(-c2[c-]cccc2)ncc1[Si](C)(C)C.Cc1c[c-]c(-c2nc3ccccc3n2Cc2ccccc2)c2oc3ncccc3c12.[Ir]. The number of nitrogens with zero attached hydrogens (tertiary/aromatic N) is 4. The van der Waals surface area contributed by atoms with E-state index in [4.69, 9.17) is 9.40 Å². The minimum atomic E-state index is -1.34. The summed E-state index contributed by atoms with van der Waals surface area (Å²) in [5.74, 6) is 1.52. The Kier molecular flexibility index (Phi) is 10.8. The predicted octanol–water partition coefficient (Wildman–Crippen LogP) is 10.4. The van der Waals surface area contributed by atoms with Crippen LogP contribution in [0.15, 0.2) is 120 Å². The first kappa shape index (κ1) is 36.1. The number of para-hydroxylation sites is 2. The first-order valence-electron chi connectivity index (χ1n) is 17.3. The van der Waals surface area contributed by atoms with Crippen molar-refractivity contribution < 1.29 is 24.5 Å². The van der Waals surface area contributed by atoms with Crippen LogP contribution in [0.2, 0.25) is 19.6 Å². The van der Waals surface area contributed by atoms with Gasteiger partial charge in [0.05, 0.1) is 30.5 Å². The number of aromatic nitrogens is 4. The Morgan fingerprint density at radius 2 is 1.63 bits per heavy atom. The number of aryl methyl sites for hydroxylation is 1. The Balaban J connectivity index is 0.000000188. The quantitative estimate of drug-likeness (QED) is 0.118. The summed E-state index contributed by atoms with van der Waals surface area (Å²) in [6.07, 6.45) is 5.00. The minimum absolute atomic E-state index is 0. The van der Waals surface area contributed by atoms with Gasteiger partial charge in [0.2, 0.25) is 5.71 Å². The van der Waals surface area contributed by atoms with Gasteiger partial charge in [-0.2, -0.15) is 0 Å². The predicted molar refractivity (Wildman–Crippen MR) is 209 cm³/mol. The van der Waals surface area contributed by atoms with Gasteiger partial charge in [0.25, 0.3) is 0 Å². The fourth-order valence-corrected chi connectivity index (χ4v) is 8.25. The van der Waals surface area contributed by atoms with Crippen LogP contribution >= 0.6 is 0 Å². The van der Waals surface area contributed by atoms with Gasteiger partial charge in [0, 0.05) is 44.4 Å². The van der Waals surface area contributed by atoms with Gasteiger partial charge < -0.3 is 14.0 Å². The van der Waals surface area contributed by atoms with Gasteiger partial charge in [-0.3, -0.25) is 4.98 Å². The molecule has 0 fully saturated rings. The van der Waals surface area contributed by atoms with E-state index >= 15 is 0 Å². The summed E-state index contributed by atoms with van der Waals surface area (Å²) in [6, 6.07) is 41.7. The van der Waals surface area contributed by atoms with Crippen LogP contribution in [0.3, 0.4) is 0 Å². The Labute approximate surface area is 315 Å². The average molecular weight is 863 g/mol. The van der Waals surface area contributed by atoms with E-state index in [0.717, 1.165) is 68.6 Å². The van der Waals surface area contributed by atoms with Crippen LogP contribution in [0.5, 0.6) is 0 Å². The molecule has 259 valence electrons. The molecular formula is C44H42IrN4OSi-2. The number of hydrogen-bond acceptors (Lipinski definition) is 4. The summed E-state index contributed by atoms with van der Waals surface area (Å²) in [5, 5.41) is 3.59. The fraction of sp³-hybridized carbons (Fsp3) is 0.205. The van der Waals surface area contributed by atoms with Crippen LogP contribution in [-0.4, -0.2) is 27.6 Å². The van der Waals surface area contributed by atoms with Gasteiger partial charge in [-0.25, -0.2) is 4.98 Å². The molecule has 0 amide bonds. The Hall–Kier alpha value is -4.68. The van der Waals surface area contributed by atoms with E-state index < -0.39 is 8.07 Å². The number of rotatable bonds is 7. The molecule has 0 aliphatic carbocycles. The van der Waals surface area contributed by atoms with Crippen molar-refractivity contribution in [3.8, 4) is 22.6 Å². The summed E-state index contributed by atoms with van der Waals surface area (Å²) < 4.78 is 8.47. The standard InChI is InChI=1S/C26H18N3O.C18H24NSi.Ir/c1-17-13-14-20(24-23(17)19-10-7-15-27-26(19)30-24)25-28-21-11-5-6-12-22(21)29(25)16-18-8-3-2-4-9-18;1-14(2)11-16-12-17(15-9-7-6-8-10-15)19-13-18(16)20(3,4)5;/h2-13,15H,16H2,1H3;6-9,12-14H,11H2,1-5H3;/q2*-1;.